The van der Waals surface area contributed by atoms with E-state index in [2.05, 4.69) is 16.5 Å². The van der Waals surface area contributed by atoms with E-state index in [1.807, 2.05) is 30.5 Å². The van der Waals surface area contributed by atoms with Crippen molar-refractivity contribution in [3.05, 3.63) is 42.0 Å². The number of nitrogens with zero attached hydrogens (tertiary/aromatic N) is 5. The molecule has 3 saturated carbocycles. The monoisotopic (exact) mass is 390 g/mol. The Morgan fingerprint density at radius 3 is 2.72 bits per heavy atom. The lowest BCUT2D eigenvalue weighted by Gasteiger charge is -2.66. The van der Waals surface area contributed by atoms with Crippen LogP contribution >= 0.6 is 0 Å². The fraction of sp³-hybridized carbons (Fsp3) is 0.429. The molecule has 0 unspecified atom stereocenters. The SMILES string of the molecule is CC(C)Oc1cc2nc(C34CC(C#N)(C3)C4)cn2cc1C(=O)Nc1ccn(C)n1. The summed E-state index contributed by atoms with van der Waals surface area (Å²) in [6.45, 7) is 3.84. The lowest BCUT2D eigenvalue weighted by molar-refractivity contribution is -0.0953. The van der Waals surface area contributed by atoms with E-state index >= 15 is 0 Å². The summed E-state index contributed by atoms with van der Waals surface area (Å²) in [6.07, 6.45) is 8.06. The van der Waals surface area contributed by atoms with Gasteiger partial charge in [0.15, 0.2) is 5.82 Å². The van der Waals surface area contributed by atoms with E-state index in [4.69, 9.17) is 9.72 Å². The van der Waals surface area contributed by atoms with Gasteiger partial charge in [0.25, 0.3) is 5.91 Å². The Kier molecular flexibility index (Phi) is 3.57. The number of pyridine rings is 1. The Morgan fingerprint density at radius 2 is 2.10 bits per heavy atom. The molecule has 3 heterocycles. The molecule has 2 bridgehead atoms. The van der Waals surface area contributed by atoms with Gasteiger partial charge in [-0.05, 0) is 33.1 Å². The quantitative estimate of drug-likeness (QED) is 0.722. The number of aromatic nitrogens is 4. The Balaban J connectivity index is 1.50. The molecule has 8 nitrogen and oxygen atoms in total. The van der Waals surface area contributed by atoms with Gasteiger partial charge in [0, 0.05) is 43.2 Å². The van der Waals surface area contributed by atoms with Crippen molar-refractivity contribution >= 4 is 17.4 Å². The van der Waals surface area contributed by atoms with Crippen molar-refractivity contribution in [2.45, 2.75) is 44.6 Å². The zero-order valence-corrected chi connectivity index (χ0v) is 16.6. The molecule has 1 amide bonds. The number of rotatable bonds is 5. The van der Waals surface area contributed by atoms with E-state index in [1.165, 1.54) is 0 Å². The third-order valence-electron chi connectivity index (χ3n) is 5.93. The minimum absolute atomic E-state index is 0.0250. The van der Waals surface area contributed by atoms with E-state index in [9.17, 15) is 10.1 Å². The molecule has 0 aliphatic heterocycles. The molecule has 6 rings (SSSR count). The van der Waals surface area contributed by atoms with Gasteiger partial charge in [-0.25, -0.2) is 4.98 Å². The van der Waals surface area contributed by atoms with Gasteiger partial charge in [-0.3, -0.25) is 9.48 Å². The molecule has 0 radical (unpaired) electrons. The highest BCUT2D eigenvalue weighted by Crippen LogP contribution is 2.73. The number of hydrogen-bond donors (Lipinski definition) is 1. The van der Waals surface area contributed by atoms with Gasteiger partial charge < -0.3 is 14.5 Å². The van der Waals surface area contributed by atoms with Crippen molar-refractivity contribution in [2.75, 3.05) is 5.32 Å². The van der Waals surface area contributed by atoms with Crippen LogP contribution in [0.3, 0.4) is 0 Å². The molecule has 3 aromatic heterocycles. The van der Waals surface area contributed by atoms with Crippen LogP contribution in [0.5, 0.6) is 5.75 Å². The van der Waals surface area contributed by atoms with Crippen LogP contribution in [0.1, 0.15) is 49.2 Å². The molecule has 0 atom stereocenters. The largest absolute Gasteiger partial charge is 0.490 e. The molecule has 1 N–H and O–H groups in total. The molecular formula is C21H22N6O2. The number of amides is 1. The van der Waals surface area contributed by atoms with Crippen LogP contribution in [0.2, 0.25) is 0 Å². The van der Waals surface area contributed by atoms with Crippen LogP contribution in [0.4, 0.5) is 5.82 Å². The molecule has 3 aliphatic rings. The number of imidazole rings is 1. The lowest BCUT2D eigenvalue weighted by Crippen LogP contribution is -2.63. The van der Waals surface area contributed by atoms with Gasteiger partial charge in [0.2, 0.25) is 0 Å². The number of nitrogens with one attached hydrogen (secondary N) is 1. The Labute approximate surface area is 168 Å². The first-order valence-corrected chi connectivity index (χ1v) is 9.74. The minimum Gasteiger partial charge on any atom is -0.490 e. The number of anilines is 1. The Bertz CT molecular complexity index is 1160. The summed E-state index contributed by atoms with van der Waals surface area (Å²) in [5, 5.41) is 16.3. The van der Waals surface area contributed by atoms with Crippen LogP contribution in [-0.2, 0) is 12.5 Å². The highest BCUT2D eigenvalue weighted by molar-refractivity contribution is 6.05. The third kappa shape index (κ3) is 2.69. The first-order chi connectivity index (χ1) is 13.8. The predicted molar refractivity (Wildman–Crippen MR) is 106 cm³/mol. The lowest BCUT2D eigenvalue weighted by atomic mass is 9.35. The maximum absolute atomic E-state index is 12.9. The topological polar surface area (TPSA) is 97.2 Å². The highest BCUT2D eigenvalue weighted by Gasteiger charge is 2.70. The molecule has 29 heavy (non-hydrogen) atoms. The molecule has 3 fully saturated rings. The maximum Gasteiger partial charge on any atom is 0.262 e. The minimum atomic E-state index is -0.287. The number of carbonyl (C=O) groups excluding carboxylic acids is 1. The average molecular weight is 390 g/mol. The molecule has 0 spiro atoms. The van der Waals surface area contributed by atoms with Gasteiger partial charge in [0.1, 0.15) is 11.4 Å². The van der Waals surface area contributed by atoms with Crippen molar-refractivity contribution in [1.82, 2.24) is 19.2 Å². The van der Waals surface area contributed by atoms with Gasteiger partial charge in [-0.1, -0.05) is 0 Å². The number of nitriles is 1. The van der Waals surface area contributed by atoms with Gasteiger partial charge in [-0.2, -0.15) is 10.4 Å². The first-order valence-electron chi connectivity index (χ1n) is 9.74. The van der Waals surface area contributed by atoms with Gasteiger partial charge >= 0.3 is 0 Å². The molecule has 3 aromatic rings. The molecule has 148 valence electrons. The van der Waals surface area contributed by atoms with Crippen LogP contribution < -0.4 is 10.1 Å². The molecule has 0 aromatic carbocycles. The van der Waals surface area contributed by atoms with Crippen LogP contribution in [0.25, 0.3) is 5.65 Å². The van der Waals surface area contributed by atoms with Gasteiger partial charge in [0.05, 0.1) is 28.8 Å². The first kappa shape index (κ1) is 17.7. The van der Waals surface area contributed by atoms with Crippen LogP contribution in [-0.4, -0.2) is 31.2 Å². The summed E-state index contributed by atoms with van der Waals surface area (Å²) in [5.41, 5.74) is 2.05. The fourth-order valence-corrected chi connectivity index (χ4v) is 4.64. The van der Waals surface area contributed by atoms with E-state index in [1.54, 1.807) is 30.2 Å². The molecule has 0 saturated heterocycles. The van der Waals surface area contributed by atoms with Crippen molar-refractivity contribution in [3.63, 3.8) is 0 Å². The van der Waals surface area contributed by atoms with Crippen molar-refractivity contribution < 1.29 is 9.53 Å². The van der Waals surface area contributed by atoms with Crippen LogP contribution in [0.15, 0.2) is 30.7 Å². The fourth-order valence-electron chi connectivity index (χ4n) is 4.64. The van der Waals surface area contributed by atoms with E-state index < -0.39 is 0 Å². The molecular weight excluding hydrogens is 368 g/mol. The predicted octanol–water partition coefficient (Wildman–Crippen LogP) is 3.05. The standard InChI is InChI=1S/C21H22N6O2/c1-13(2)29-15-6-18-23-16(21-9-20(10-21,11-21)12-22)8-27(18)7-14(15)19(28)24-17-4-5-26(3)25-17/h4-8,13H,9-11H2,1-3H3,(H,24,25,28). The maximum atomic E-state index is 12.9. The molecule has 3 aliphatic carbocycles. The number of carbonyl (C=O) groups is 1. The second-order valence-electron chi connectivity index (χ2n) is 8.64. The van der Waals surface area contributed by atoms with Gasteiger partial charge in [-0.15, -0.1) is 0 Å². The van der Waals surface area contributed by atoms with Crippen molar-refractivity contribution in [3.8, 4) is 11.8 Å². The normalized spacial score (nSPS) is 24.7. The summed E-state index contributed by atoms with van der Waals surface area (Å²) in [7, 11) is 1.79. The molecule has 8 heteroatoms. The number of hydrogen-bond acceptors (Lipinski definition) is 5. The van der Waals surface area contributed by atoms with E-state index in [0.29, 0.717) is 17.1 Å². The zero-order chi connectivity index (χ0) is 20.4. The number of aryl methyl sites for hydroxylation is 1. The summed E-state index contributed by atoms with van der Waals surface area (Å²) in [5.74, 6) is 0.685. The zero-order valence-electron chi connectivity index (χ0n) is 16.6. The van der Waals surface area contributed by atoms with Crippen LogP contribution in [0, 0.1) is 16.7 Å². The second kappa shape index (κ2) is 5.83. The summed E-state index contributed by atoms with van der Waals surface area (Å²) in [6, 6.07) is 5.98. The summed E-state index contributed by atoms with van der Waals surface area (Å²) < 4.78 is 9.41. The Hall–Kier alpha value is -3.34. The third-order valence-corrected chi connectivity index (χ3v) is 5.93. The smallest absolute Gasteiger partial charge is 0.262 e. The van der Waals surface area contributed by atoms with Crippen molar-refractivity contribution in [2.24, 2.45) is 12.5 Å². The van der Waals surface area contributed by atoms with E-state index in [0.717, 1.165) is 30.6 Å². The average Bonchev–Trinajstić information content (AvgIpc) is 3.17. The van der Waals surface area contributed by atoms with E-state index in [-0.39, 0.29) is 22.8 Å². The Morgan fingerprint density at radius 1 is 1.34 bits per heavy atom. The number of fused-ring (bicyclic) bond motifs is 1. The number of ether oxygens (including phenoxy) is 1. The highest BCUT2D eigenvalue weighted by atomic mass is 16.5. The summed E-state index contributed by atoms with van der Waals surface area (Å²) >= 11 is 0. The second-order valence-corrected chi connectivity index (χ2v) is 8.64. The van der Waals surface area contributed by atoms with Crippen molar-refractivity contribution in [1.29, 1.82) is 5.26 Å². The summed E-state index contributed by atoms with van der Waals surface area (Å²) in [4.78, 5) is 17.7.